The van der Waals surface area contributed by atoms with Gasteiger partial charge in [0.25, 0.3) is 5.91 Å². The molecule has 0 N–H and O–H groups in total. The van der Waals surface area contributed by atoms with E-state index in [0.717, 1.165) is 33.6 Å². The maximum Gasteiger partial charge on any atom is 0.267 e. The van der Waals surface area contributed by atoms with Gasteiger partial charge in [-0.25, -0.2) is 0 Å². The molecule has 0 atom stereocenters. The number of amides is 1. The van der Waals surface area contributed by atoms with Crippen LogP contribution in [0.25, 0.3) is 17.2 Å². The molecule has 7 heteroatoms. The number of ether oxygens (including phenoxy) is 1. The van der Waals surface area contributed by atoms with E-state index in [0.29, 0.717) is 22.4 Å². The number of hydrogen-bond donors (Lipinski definition) is 0. The van der Waals surface area contributed by atoms with E-state index in [4.69, 9.17) is 9.15 Å². The lowest BCUT2D eigenvalue weighted by molar-refractivity contribution is -0.122. The van der Waals surface area contributed by atoms with E-state index >= 15 is 0 Å². The summed E-state index contributed by atoms with van der Waals surface area (Å²) < 4.78 is 11.4. The van der Waals surface area contributed by atoms with Gasteiger partial charge >= 0.3 is 0 Å². The summed E-state index contributed by atoms with van der Waals surface area (Å²) in [5, 5.41) is 9.23. The number of nitrogens with zero attached hydrogens (tertiary/aromatic N) is 3. The van der Waals surface area contributed by atoms with Gasteiger partial charge in [-0.05, 0) is 69.9 Å². The highest BCUT2D eigenvalue weighted by molar-refractivity contribution is 8.18. The second-order valence-electron chi connectivity index (χ2n) is 9.54. The van der Waals surface area contributed by atoms with Crippen molar-refractivity contribution in [3.8, 4) is 16.9 Å². The molecule has 42 heavy (non-hydrogen) atoms. The summed E-state index contributed by atoms with van der Waals surface area (Å²) in [5.41, 5.74) is 5.13. The zero-order valence-electron chi connectivity index (χ0n) is 22.7. The van der Waals surface area contributed by atoms with Crippen LogP contribution >= 0.6 is 11.8 Å². The molecular formula is C35H27N3O3S. The molecule has 0 unspecified atom stereocenters. The molecule has 5 aromatic rings. The molecule has 4 aromatic carbocycles. The number of carbonyl (C=O) groups is 1. The topological polar surface area (TPSA) is 67.4 Å². The lowest BCUT2D eigenvalue weighted by atomic mass is 10.0. The summed E-state index contributed by atoms with van der Waals surface area (Å²) >= 11 is 1.30. The Morgan fingerprint density at radius 2 is 1.55 bits per heavy atom. The predicted molar refractivity (Wildman–Crippen MR) is 169 cm³/mol. The molecule has 0 saturated carbocycles. The normalized spacial score (nSPS) is 15.2. The van der Waals surface area contributed by atoms with E-state index in [1.165, 1.54) is 11.8 Å². The van der Waals surface area contributed by atoms with Crippen molar-refractivity contribution in [2.75, 3.05) is 0 Å². The standard InChI is InChI=1S/C35H27N3O3S/c39-34-33(22-26-16-18-30(19-17-26)29-12-5-2-6-13-29)42-35(38(34)24-32-15-8-20-40-32)37-36-23-28-11-7-14-31(21-28)41-25-27-9-3-1-4-10-27/h1-23H,24-25H2/b33-22-,36-23-,37-35+. The Bertz CT molecular complexity index is 1730. The first-order valence-corrected chi connectivity index (χ1v) is 14.3. The van der Waals surface area contributed by atoms with Crippen LogP contribution < -0.4 is 4.74 Å². The first-order valence-electron chi connectivity index (χ1n) is 13.5. The number of thioether (sulfide) groups is 1. The summed E-state index contributed by atoms with van der Waals surface area (Å²) in [7, 11) is 0. The van der Waals surface area contributed by atoms with Crippen LogP contribution in [-0.4, -0.2) is 22.2 Å². The quantitative estimate of drug-likeness (QED) is 0.102. The second kappa shape index (κ2) is 13.0. The SMILES string of the molecule is O=C1/C(=C/c2ccc(-c3ccccc3)cc2)S/C(=N/N=C\c2cccc(OCc3ccccc3)c2)N1Cc1ccco1. The third-order valence-electron chi connectivity index (χ3n) is 6.55. The average Bonchev–Trinajstić information content (AvgIpc) is 3.66. The summed E-state index contributed by atoms with van der Waals surface area (Å²) in [5.74, 6) is 1.26. The van der Waals surface area contributed by atoms with Crippen molar-refractivity contribution in [1.29, 1.82) is 0 Å². The largest absolute Gasteiger partial charge is 0.489 e. The molecule has 6 rings (SSSR count). The number of hydrogen-bond acceptors (Lipinski definition) is 6. The van der Waals surface area contributed by atoms with Gasteiger partial charge in [0.1, 0.15) is 18.1 Å². The second-order valence-corrected chi connectivity index (χ2v) is 10.6. The molecule has 1 amide bonds. The molecule has 1 aromatic heterocycles. The minimum Gasteiger partial charge on any atom is -0.489 e. The Hall–Kier alpha value is -5.14. The van der Waals surface area contributed by atoms with Gasteiger partial charge in [0, 0.05) is 0 Å². The molecule has 0 aliphatic carbocycles. The molecule has 1 aliphatic heterocycles. The van der Waals surface area contributed by atoms with Crippen LogP contribution in [0.5, 0.6) is 5.75 Å². The maximum absolute atomic E-state index is 13.4. The van der Waals surface area contributed by atoms with Crippen molar-refractivity contribution < 1.29 is 13.9 Å². The molecular weight excluding hydrogens is 542 g/mol. The number of furan rings is 1. The molecule has 0 radical (unpaired) electrons. The van der Waals surface area contributed by atoms with Gasteiger partial charge in [-0.2, -0.15) is 5.10 Å². The maximum atomic E-state index is 13.4. The Balaban J connectivity index is 1.19. The van der Waals surface area contributed by atoms with Gasteiger partial charge in [-0.15, -0.1) is 5.10 Å². The van der Waals surface area contributed by atoms with Gasteiger partial charge in [0.05, 0.1) is 23.9 Å². The van der Waals surface area contributed by atoms with Crippen molar-refractivity contribution in [3.05, 3.63) is 155 Å². The fourth-order valence-electron chi connectivity index (χ4n) is 4.40. The number of carbonyl (C=O) groups excluding carboxylic acids is 1. The molecule has 0 spiro atoms. The first-order chi connectivity index (χ1) is 20.7. The Labute approximate surface area is 248 Å². The van der Waals surface area contributed by atoms with Crippen LogP contribution in [0.1, 0.15) is 22.5 Å². The molecule has 1 saturated heterocycles. The zero-order valence-corrected chi connectivity index (χ0v) is 23.5. The van der Waals surface area contributed by atoms with E-state index in [2.05, 4.69) is 34.5 Å². The number of amidine groups is 1. The Morgan fingerprint density at radius 3 is 2.31 bits per heavy atom. The van der Waals surface area contributed by atoms with E-state index in [1.54, 1.807) is 23.4 Å². The fraction of sp³-hybridized carbons (Fsp3) is 0.0571. The lowest BCUT2D eigenvalue weighted by Crippen LogP contribution is -2.28. The summed E-state index contributed by atoms with van der Waals surface area (Å²) in [6.45, 7) is 0.745. The van der Waals surface area contributed by atoms with Crippen molar-refractivity contribution >= 4 is 35.1 Å². The Morgan fingerprint density at radius 1 is 0.786 bits per heavy atom. The fourth-order valence-corrected chi connectivity index (χ4v) is 5.34. The molecule has 2 heterocycles. The predicted octanol–water partition coefficient (Wildman–Crippen LogP) is 8.03. The molecule has 206 valence electrons. The highest BCUT2D eigenvalue weighted by atomic mass is 32.2. The molecule has 0 bridgehead atoms. The molecule has 1 aliphatic rings. The van der Waals surface area contributed by atoms with Crippen LogP contribution in [0, 0.1) is 0 Å². The van der Waals surface area contributed by atoms with Gasteiger partial charge in [-0.1, -0.05) is 97.1 Å². The van der Waals surface area contributed by atoms with E-state index in [-0.39, 0.29) is 12.5 Å². The van der Waals surface area contributed by atoms with Gasteiger partial charge in [0.2, 0.25) is 0 Å². The zero-order chi connectivity index (χ0) is 28.6. The highest BCUT2D eigenvalue weighted by Gasteiger charge is 2.34. The summed E-state index contributed by atoms with van der Waals surface area (Å²) in [6, 6.07) is 39.7. The van der Waals surface area contributed by atoms with E-state index in [9.17, 15) is 4.79 Å². The van der Waals surface area contributed by atoms with Gasteiger partial charge in [0.15, 0.2) is 5.17 Å². The van der Waals surface area contributed by atoms with Gasteiger partial charge in [-0.3, -0.25) is 9.69 Å². The van der Waals surface area contributed by atoms with Gasteiger partial charge < -0.3 is 9.15 Å². The minimum absolute atomic E-state index is 0.145. The van der Waals surface area contributed by atoms with Crippen LogP contribution in [-0.2, 0) is 17.9 Å². The first kappa shape index (κ1) is 27.1. The number of benzene rings is 4. The lowest BCUT2D eigenvalue weighted by Gasteiger charge is -2.12. The third kappa shape index (κ3) is 6.77. The van der Waals surface area contributed by atoms with Crippen molar-refractivity contribution in [3.63, 3.8) is 0 Å². The molecule has 6 nitrogen and oxygen atoms in total. The minimum atomic E-state index is -0.145. The molecule has 1 fully saturated rings. The average molecular weight is 570 g/mol. The monoisotopic (exact) mass is 569 g/mol. The van der Waals surface area contributed by atoms with Crippen molar-refractivity contribution in [2.24, 2.45) is 10.2 Å². The summed E-state index contributed by atoms with van der Waals surface area (Å²) in [6.07, 6.45) is 5.13. The van der Waals surface area contributed by atoms with Crippen molar-refractivity contribution in [2.45, 2.75) is 13.2 Å². The highest BCUT2D eigenvalue weighted by Crippen LogP contribution is 2.34. The number of rotatable bonds is 9. The van der Waals surface area contributed by atoms with Crippen LogP contribution in [0.2, 0.25) is 0 Å². The smallest absolute Gasteiger partial charge is 0.267 e. The van der Waals surface area contributed by atoms with E-state index in [1.807, 2.05) is 97.1 Å². The van der Waals surface area contributed by atoms with Crippen LogP contribution in [0.15, 0.2) is 147 Å². The van der Waals surface area contributed by atoms with Crippen LogP contribution in [0.4, 0.5) is 0 Å². The third-order valence-corrected chi connectivity index (χ3v) is 7.55. The van der Waals surface area contributed by atoms with Crippen LogP contribution in [0.3, 0.4) is 0 Å². The summed E-state index contributed by atoms with van der Waals surface area (Å²) in [4.78, 5) is 15.6. The Kier molecular flexibility index (Phi) is 8.38. The van der Waals surface area contributed by atoms with Crippen molar-refractivity contribution in [1.82, 2.24) is 4.90 Å². The van der Waals surface area contributed by atoms with E-state index < -0.39 is 0 Å².